The van der Waals surface area contributed by atoms with Gasteiger partial charge in [-0.05, 0) is 24.3 Å². The van der Waals surface area contributed by atoms with E-state index in [0.717, 1.165) is 22.8 Å². The molecule has 1 aromatic carbocycles. The minimum atomic E-state index is 0.529. The molecule has 0 unspecified atom stereocenters. The summed E-state index contributed by atoms with van der Waals surface area (Å²) in [6.07, 6.45) is 5.49. The Bertz CT molecular complexity index is 1100. The van der Waals surface area contributed by atoms with E-state index in [1.54, 1.807) is 38.4 Å². The van der Waals surface area contributed by atoms with Crippen LogP contribution in [-0.2, 0) is 19.6 Å². The van der Waals surface area contributed by atoms with Gasteiger partial charge in [-0.2, -0.15) is 0 Å². The first-order chi connectivity index (χ1) is 16.2. The molecule has 4 rings (SSSR count). The van der Waals surface area contributed by atoms with Gasteiger partial charge in [0.15, 0.2) is 11.5 Å². The number of aromatic nitrogens is 5. The number of methoxy groups -OCH3 is 3. The molecule has 0 amide bonds. The quantitative estimate of drug-likeness (QED) is 0.367. The fraction of sp³-hybridized carbons (Fsp3) is 0.250. The molecule has 0 atom stereocenters. The highest BCUT2D eigenvalue weighted by atomic mass is 16.5. The van der Waals surface area contributed by atoms with Crippen molar-refractivity contribution in [2.24, 2.45) is 0 Å². The second-order valence-electron chi connectivity index (χ2n) is 7.33. The van der Waals surface area contributed by atoms with E-state index in [9.17, 15) is 0 Å². The summed E-state index contributed by atoms with van der Waals surface area (Å²) in [6, 6.07) is 15.5. The molecule has 0 aliphatic rings. The largest absolute Gasteiger partial charge is 0.493 e. The van der Waals surface area contributed by atoms with Crippen molar-refractivity contribution in [3.05, 3.63) is 84.2 Å². The molecule has 9 nitrogen and oxygen atoms in total. The number of benzene rings is 1. The van der Waals surface area contributed by atoms with Crippen LogP contribution in [0.3, 0.4) is 0 Å². The number of ether oxygens (including phenoxy) is 3. The van der Waals surface area contributed by atoms with Gasteiger partial charge in [0.2, 0.25) is 5.75 Å². The Morgan fingerprint density at radius 1 is 0.758 bits per heavy atom. The van der Waals surface area contributed by atoms with E-state index in [1.165, 1.54) is 0 Å². The van der Waals surface area contributed by atoms with Gasteiger partial charge in [0.1, 0.15) is 0 Å². The second kappa shape index (κ2) is 10.6. The van der Waals surface area contributed by atoms with Crippen LogP contribution < -0.4 is 14.2 Å². The molecule has 0 bridgehead atoms. The molecule has 0 saturated heterocycles. The van der Waals surface area contributed by atoms with Crippen molar-refractivity contribution in [1.82, 2.24) is 29.9 Å². The lowest BCUT2D eigenvalue weighted by Gasteiger charge is -2.20. The third kappa shape index (κ3) is 5.45. The van der Waals surface area contributed by atoms with Crippen LogP contribution in [0.15, 0.2) is 67.1 Å². The zero-order valence-electron chi connectivity index (χ0n) is 18.9. The molecule has 33 heavy (non-hydrogen) atoms. The summed E-state index contributed by atoms with van der Waals surface area (Å²) >= 11 is 0. The molecule has 170 valence electrons. The topological polar surface area (TPSA) is 87.4 Å². The standard InChI is InChI=1S/C24H26N6O3/c1-31-22-12-21(13-23(32-2)24(22)33-3)30-17-20(27-28-30)16-29(14-18-8-4-6-10-25-18)15-19-9-5-7-11-26-19/h4-13,17H,14-16H2,1-3H3. The van der Waals surface area contributed by atoms with Gasteiger partial charge in [0.25, 0.3) is 0 Å². The monoisotopic (exact) mass is 446 g/mol. The van der Waals surface area contributed by atoms with Gasteiger partial charge in [-0.25, -0.2) is 4.68 Å². The second-order valence-corrected chi connectivity index (χ2v) is 7.33. The lowest BCUT2D eigenvalue weighted by Crippen LogP contribution is -2.23. The lowest BCUT2D eigenvalue weighted by molar-refractivity contribution is 0.238. The van der Waals surface area contributed by atoms with Crippen LogP contribution in [0, 0.1) is 0 Å². The highest BCUT2D eigenvalue weighted by Gasteiger charge is 2.16. The number of pyridine rings is 2. The SMILES string of the molecule is COc1cc(-n2cc(CN(Cc3ccccn3)Cc3ccccn3)nn2)cc(OC)c1OC. The molecule has 0 fully saturated rings. The van der Waals surface area contributed by atoms with Crippen LogP contribution in [-0.4, -0.2) is 51.2 Å². The van der Waals surface area contributed by atoms with Crippen molar-refractivity contribution in [2.75, 3.05) is 21.3 Å². The van der Waals surface area contributed by atoms with Crippen LogP contribution in [0.5, 0.6) is 17.2 Å². The van der Waals surface area contributed by atoms with Gasteiger partial charge in [-0.3, -0.25) is 14.9 Å². The number of nitrogens with zero attached hydrogens (tertiary/aromatic N) is 6. The molecule has 0 aliphatic carbocycles. The molecular formula is C24H26N6O3. The Labute approximate surface area is 192 Å². The fourth-order valence-corrected chi connectivity index (χ4v) is 3.53. The number of hydrogen-bond acceptors (Lipinski definition) is 8. The Kier molecular flexibility index (Phi) is 7.11. The molecule has 0 radical (unpaired) electrons. The Morgan fingerprint density at radius 3 is 1.82 bits per heavy atom. The predicted molar refractivity (Wildman–Crippen MR) is 122 cm³/mol. The van der Waals surface area contributed by atoms with Crippen molar-refractivity contribution in [2.45, 2.75) is 19.6 Å². The van der Waals surface area contributed by atoms with Crippen molar-refractivity contribution >= 4 is 0 Å². The summed E-state index contributed by atoms with van der Waals surface area (Å²) in [6.45, 7) is 1.90. The molecule has 0 spiro atoms. The zero-order chi connectivity index (χ0) is 23.0. The number of hydrogen-bond donors (Lipinski definition) is 0. The number of rotatable bonds is 10. The maximum atomic E-state index is 5.46. The summed E-state index contributed by atoms with van der Waals surface area (Å²) in [5, 5.41) is 8.70. The van der Waals surface area contributed by atoms with Crippen LogP contribution in [0.25, 0.3) is 5.69 Å². The van der Waals surface area contributed by atoms with Gasteiger partial charge < -0.3 is 14.2 Å². The van der Waals surface area contributed by atoms with Gasteiger partial charge in [0.05, 0.1) is 50.3 Å². The molecule has 3 aromatic heterocycles. The van der Waals surface area contributed by atoms with E-state index in [0.29, 0.717) is 36.9 Å². The predicted octanol–water partition coefficient (Wildman–Crippen LogP) is 3.29. The lowest BCUT2D eigenvalue weighted by atomic mass is 10.2. The molecule has 0 saturated carbocycles. The Morgan fingerprint density at radius 2 is 1.33 bits per heavy atom. The summed E-state index contributed by atoms with van der Waals surface area (Å²) < 4.78 is 18.0. The van der Waals surface area contributed by atoms with Crippen molar-refractivity contribution in [3.8, 4) is 22.9 Å². The third-order valence-electron chi connectivity index (χ3n) is 5.06. The van der Waals surface area contributed by atoms with Gasteiger partial charge in [-0.15, -0.1) is 5.10 Å². The smallest absolute Gasteiger partial charge is 0.203 e. The summed E-state index contributed by atoms with van der Waals surface area (Å²) in [5.74, 6) is 1.63. The molecular weight excluding hydrogens is 420 g/mol. The van der Waals surface area contributed by atoms with Crippen LogP contribution in [0.2, 0.25) is 0 Å². The summed E-state index contributed by atoms with van der Waals surface area (Å²) in [7, 11) is 4.74. The van der Waals surface area contributed by atoms with Crippen molar-refractivity contribution in [3.63, 3.8) is 0 Å². The van der Waals surface area contributed by atoms with Crippen molar-refractivity contribution in [1.29, 1.82) is 0 Å². The van der Waals surface area contributed by atoms with Gasteiger partial charge >= 0.3 is 0 Å². The van der Waals surface area contributed by atoms with E-state index in [1.807, 2.05) is 54.7 Å². The van der Waals surface area contributed by atoms with Crippen LogP contribution in [0.4, 0.5) is 0 Å². The van der Waals surface area contributed by atoms with Crippen LogP contribution in [0.1, 0.15) is 17.1 Å². The maximum Gasteiger partial charge on any atom is 0.203 e. The fourth-order valence-electron chi connectivity index (χ4n) is 3.53. The molecule has 4 aromatic rings. The summed E-state index contributed by atoms with van der Waals surface area (Å²) in [4.78, 5) is 11.2. The highest BCUT2D eigenvalue weighted by Crippen LogP contribution is 2.39. The zero-order valence-corrected chi connectivity index (χ0v) is 18.9. The van der Waals surface area contributed by atoms with E-state index < -0.39 is 0 Å². The third-order valence-corrected chi connectivity index (χ3v) is 5.06. The molecule has 0 aliphatic heterocycles. The first-order valence-electron chi connectivity index (χ1n) is 10.4. The maximum absolute atomic E-state index is 5.46. The Balaban J connectivity index is 1.58. The average molecular weight is 447 g/mol. The average Bonchev–Trinajstić information content (AvgIpc) is 3.32. The molecule has 0 N–H and O–H groups in total. The highest BCUT2D eigenvalue weighted by molar-refractivity contribution is 5.58. The van der Waals surface area contributed by atoms with Gasteiger partial charge in [-0.1, -0.05) is 17.3 Å². The molecule has 3 heterocycles. The first-order valence-corrected chi connectivity index (χ1v) is 10.4. The Hall–Kier alpha value is -3.98. The van der Waals surface area contributed by atoms with E-state index >= 15 is 0 Å². The molecule has 9 heteroatoms. The summed E-state index contributed by atoms with van der Waals surface area (Å²) in [5.41, 5.74) is 3.52. The van der Waals surface area contributed by atoms with E-state index in [4.69, 9.17) is 14.2 Å². The first kappa shape index (κ1) is 22.2. The van der Waals surface area contributed by atoms with E-state index in [2.05, 4.69) is 25.2 Å². The minimum Gasteiger partial charge on any atom is -0.493 e. The van der Waals surface area contributed by atoms with Gasteiger partial charge in [0, 0.05) is 44.2 Å². The van der Waals surface area contributed by atoms with E-state index in [-0.39, 0.29) is 0 Å². The van der Waals surface area contributed by atoms with Crippen molar-refractivity contribution < 1.29 is 14.2 Å². The minimum absolute atomic E-state index is 0.529. The van der Waals surface area contributed by atoms with Crippen LogP contribution >= 0.6 is 0 Å². The normalized spacial score (nSPS) is 10.9.